The summed E-state index contributed by atoms with van der Waals surface area (Å²) < 4.78 is 29.7. The Hall–Kier alpha value is -2.02. The first kappa shape index (κ1) is 13.4. The molecule has 102 valence electrons. The molecule has 1 aromatic heterocycles. The number of nitrogens with zero attached hydrogens (tertiary/aromatic N) is 2. The third-order valence-electron chi connectivity index (χ3n) is 2.72. The van der Waals surface area contributed by atoms with Crippen molar-refractivity contribution in [2.24, 2.45) is 0 Å². The van der Waals surface area contributed by atoms with Crippen molar-refractivity contribution in [3.63, 3.8) is 0 Å². The smallest absolute Gasteiger partial charge is 0.255 e. The molecule has 0 unspecified atom stereocenters. The van der Waals surface area contributed by atoms with E-state index in [9.17, 15) is 8.42 Å². The van der Waals surface area contributed by atoms with Gasteiger partial charge in [-0.3, -0.25) is 0 Å². The molecule has 7 heteroatoms. The average molecular weight is 281 g/mol. The summed E-state index contributed by atoms with van der Waals surface area (Å²) in [6.07, 6.45) is 0. The van der Waals surface area contributed by atoms with Gasteiger partial charge in [0.1, 0.15) is 11.6 Å². The van der Waals surface area contributed by atoms with E-state index in [1.54, 1.807) is 26.2 Å². The third kappa shape index (κ3) is 2.41. The lowest BCUT2D eigenvalue weighted by Crippen LogP contribution is -2.18. The summed E-state index contributed by atoms with van der Waals surface area (Å²) in [5.74, 6) is 0.633. The maximum absolute atomic E-state index is 11.8. The highest BCUT2D eigenvalue weighted by atomic mass is 32.2. The summed E-state index contributed by atoms with van der Waals surface area (Å²) in [7, 11) is -1.95. The molecule has 0 aliphatic rings. The van der Waals surface area contributed by atoms with Crippen molar-refractivity contribution in [3.05, 3.63) is 30.3 Å². The lowest BCUT2D eigenvalue weighted by molar-refractivity contribution is 0.416. The predicted octanol–water partition coefficient (Wildman–Crippen LogP) is 1.34. The van der Waals surface area contributed by atoms with Gasteiger partial charge in [-0.25, -0.2) is 8.42 Å². The van der Waals surface area contributed by atoms with E-state index in [0.717, 1.165) is 4.09 Å². The van der Waals surface area contributed by atoms with Crippen LogP contribution in [-0.2, 0) is 10.0 Å². The van der Waals surface area contributed by atoms with E-state index in [0.29, 0.717) is 17.0 Å². The van der Waals surface area contributed by atoms with Gasteiger partial charge in [0.2, 0.25) is 0 Å². The lowest BCUT2D eigenvalue weighted by atomic mass is 10.1. The molecule has 2 aromatic rings. The van der Waals surface area contributed by atoms with Gasteiger partial charge in [-0.15, -0.1) is 4.09 Å². The molecular formula is C12H15N3O3S. The Labute approximate surface area is 111 Å². The molecule has 0 spiro atoms. The maximum atomic E-state index is 11.8. The molecule has 1 aromatic carbocycles. The number of para-hydroxylation sites is 1. The first-order chi connectivity index (χ1) is 8.99. The van der Waals surface area contributed by atoms with E-state index < -0.39 is 10.0 Å². The largest absolute Gasteiger partial charge is 0.496 e. The van der Waals surface area contributed by atoms with Crippen molar-refractivity contribution >= 4 is 15.8 Å². The highest BCUT2D eigenvalue weighted by Crippen LogP contribution is 2.29. The van der Waals surface area contributed by atoms with E-state index in [4.69, 9.17) is 10.5 Å². The van der Waals surface area contributed by atoms with Crippen LogP contribution in [0.5, 0.6) is 5.75 Å². The summed E-state index contributed by atoms with van der Waals surface area (Å²) in [5.41, 5.74) is 6.87. The second kappa shape index (κ2) is 4.93. The normalized spacial score (nSPS) is 11.5. The monoisotopic (exact) mass is 281 g/mol. The molecule has 0 radical (unpaired) electrons. The highest BCUT2D eigenvalue weighted by molar-refractivity contribution is 7.89. The van der Waals surface area contributed by atoms with Gasteiger partial charge in [-0.2, -0.15) is 5.10 Å². The van der Waals surface area contributed by atoms with Crippen LogP contribution in [0.2, 0.25) is 0 Å². The fourth-order valence-corrected chi connectivity index (χ4v) is 2.54. The number of anilines is 1. The van der Waals surface area contributed by atoms with Gasteiger partial charge in [0.15, 0.2) is 0 Å². The van der Waals surface area contributed by atoms with Gasteiger partial charge in [-0.05, 0) is 19.1 Å². The SMILES string of the molecule is CCS(=O)(=O)n1nc(-c2ccccc2OC)cc1N. The predicted molar refractivity (Wildman–Crippen MR) is 73.5 cm³/mol. The lowest BCUT2D eigenvalue weighted by Gasteiger charge is -2.05. The van der Waals surface area contributed by atoms with Crippen molar-refractivity contribution < 1.29 is 13.2 Å². The minimum absolute atomic E-state index is 0.0652. The Kier molecular flexibility index (Phi) is 3.48. The maximum Gasteiger partial charge on any atom is 0.255 e. The number of hydrogen-bond donors (Lipinski definition) is 1. The van der Waals surface area contributed by atoms with Crippen LogP contribution in [0.4, 0.5) is 5.82 Å². The van der Waals surface area contributed by atoms with E-state index >= 15 is 0 Å². The zero-order valence-electron chi connectivity index (χ0n) is 10.7. The molecule has 0 saturated carbocycles. The Bertz CT molecular complexity index is 692. The number of ether oxygens (including phenoxy) is 1. The molecule has 2 rings (SSSR count). The third-order valence-corrected chi connectivity index (χ3v) is 4.26. The number of aromatic nitrogens is 2. The first-order valence-electron chi connectivity index (χ1n) is 5.71. The molecule has 1 heterocycles. The summed E-state index contributed by atoms with van der Waals surface area (Å²) in [6, 6.07) is 8.74. The van der Waals surface area contributed by atoms with E-state index in [1.165, 1.54) is 6.07 Å². The topological polar surface area (TPSA) is 87.2 Å². The molecule has 2 N–H and O–H groups in total. The van der Waals surface area contributed by atoms with Crippen LogP contribution >= 0.6 is 0 Å². The van der Waals surface area contributed by atoms with Crippen molar-refractivity contribution in [2.45, 2.75) is 6.92 Å². The number of nitrogen functional groups attached to an aromatic ring is 1. The van der Waals surface area contributed by atoms with Gasteiger partial charge in [0.25, 0.3) is 10.0 Å². The molecule has 0 fully saturated rings. The zero-order chi connectivity index (χ0) is 14.0. The number of hydrogen-bond acceptors (Lipinski definition) is 5. The van der Waals surface area contributed by atoms with Crippen LogP contribution in [0, 0.1) is 0 Å². The van der Waals surface area contributed by atoms with Crippen LogP contribution in [0.1, 0.15) is 6.92 Å². The number of benzene rings is 1. The van der Waals surface area contributed by atoms with Crippen molar-refractivity contribution in [2.75, 3.05) is 18.6 Å². The average Bonchev–Trinajstić information content (AvgIpc) is 2.81. The van der Waals surface area contributed by atoms with Gasteiger partial charge in [0, 0.05) is 11.6 Å². The van der Waals surface area contributed by atoms with E-state index in [-0.39, 0.29) is 11.6 Å². The highest BCUT2D eigenvalue weighted by Gasteiger charge is 2.18. The van der Waals surface area contributed by atoms with Gasteiger partial charge < -0.3 is 10.5 Å². The fraction of sp³-hybridized carbons (Fsp3) is 0.250. The molecule has 0 atom stereocenters. The van der Waals surface area contributed by atoms with Crippen molar-refractivity contribution in [1.82, 2.24) is 9.19 Å². The second-order valence-corrected chi connectivity index (χ2v) is 5.99. The van der Waals surface area contributed by atoms with Crippen LogP contribution in [0.15, 0.2) is 30.3 Å². The second-order valence-electron chi connectivity index (χ2n) is 3.90. The summed E-state index contributed by atoms with van der Waals surface area (Å²) in [5, 5.41) is 4.05. The van der Waals surface area contributed by atoms with Crippen LogP contribution in [0.3, 0.4) is 0 Å². The molecule has 0 aliphatic heterocycles. The first-order valence-corrected chi connectivity index (χ1v) is 7.32. The Morgan fingerprint density at radius 2 is 2.05 bits per heavy atom. The Morgan fingerprint density at radius 3 is 2.68 bits per heavy atom. The van der Waals surface area contributed by atoms with E-state index in [1.807, 2.05) is 12.1 Å². The van der Waals surface area contributed by atoms with Gasteiger partial charge in [0.05, 0.1) is 18.6 Å². The number of rotatable bonds is 4. The number of nitrogens with two attached hydrogens (primary N) is 1. The minimum Gasteiger partial charge on any atom is -0.496 e. The molecular weight excluding hydrogens is 266 g/mol. The van der Waals surface area contributed by atoms with E-state index in [2.05, 4.69) is 5.10 Å². The summed E-state index contributed by atoms with van der Waals surface area (Å²) in [6.45, 7) is 1.54. The molecule has 0 bridgehead atoms. The molecule has 19 heavy (non-hydrogen) atoms. The molecule has 0 aliphatic carbocycles. The quantitative estimate of drug-likeness (QED) is 0.913. The summed E-state index contributed by atoms with van der Waals surface area (Å²) >= 11 is 0. The van der Waals surface area contributed by atoms with Gasteiger partial charge >= 0.3 is 0 Å². The van der Waals surface area contributed by atoms with Crippen LogP contribution < -0.4 is 10.5 Å². The Balaban J connectivity index is 2.57. The molecule has 0 saturated heterocycles. The number of methoxy groups -OCH3 is 1. The Morgan fingerprint density at radius 1 is 1.37 bits per heavy atom. The van der Waals surface area contributed by atoms with Crippen molar-refractivity contribution in [1.29, 1.82) is 0 Å². The van der Waals surface area contributed by atoms with Crippen molar-refractivity contribution in [3.8, 4) is 17.0 Å². The van der Waals surface area contributed by atoms with Crippen LogP contribution in [-0.4, -0.2) is 30.5 Å². The summed E-state index contributed by atoms with van der Waals surface area (Å²) in [4.78, 5) is 0. The van der Waals surface area contributed by atoms with Crippen LogP contribution in [0.25, 0.3) is 11.3 Å². The molecule has 0 amide bonds. The standard InChI is InChI=1S/C12H15N3O3S/c1-3-19(16,17)15-12(13)8-10(14-15)9-6-4-5-7-11(9)18-2/h4-8H,3,13H2,1-2H3. The molecule has 6 nitrogen and oxygen atoms in total. The zero-order valence-corrected chi connectivity index (χ0v) is 11.5. The minimum atomic E-state index is -3.50. The van der Waals surface area contributed by atoms with Gasteiger partial charge in [-0.1, -0.05) is 12.1 Å². The fourth-order valence-electron chi connectivity index (χ4n) is 1.71.